The molecule has 1 aromatic rings. The van der Waals surface area contributed by atoms with Crippen molar-refractivity contribution in [1.82, 2.24) is 0 Å². The Kier molecular flexibility index (Phi) is 2.44. The zero-order valence-corrected chi connectivity index (χ0v) is 10.2. The van der Waals surface area contributed by atoms with Crippen LogP contribution in [-0.2, 0) is 0 Å². The average Bonchev–Trinajstić information content (AvgIpc) is 1.83. The Morgan fingerprint density at radius 3 is 1.89 bits per heavy atom. The van der Waals surface area contributed by atoms with Crippen molar-refractivity contribution in [2.24, 2.45) is 0 Å². The molecule has 0 amide bonds. The molecule has 2 unspecified atom stereocenters. The summed E-state index contributed by atoms with van der Waals surface area (Å²) in [6.07, 6.45) is 0. The van der Waals surface area contributed by atoms with Gasteiger partial charge in [0.15, 0.2) is 0 Å². The van der Waals surface area contributed by atoms with Crippen molar-refractivity contribution >= 4 is 42.4 Å². The van der Waals surface area contributed by atoms with Crippen LogP contribution in [0.25, 0.3) is 0 Å². The summed E-state index contributed by atoms with van der Waals surface area (Å²) in [6.45, 7) is 2.19. The van der Waals surface area contributed by atoms with Gasteiger partial charge in [-0.3, -0.25) is 0 Å². The monoisotopic (exact) mass is 244 g/mol. The van der Waals surface area contributed by atoms with E-state index in [2.05, 4.69) is 25.1 Å². The molecule has 2 heteroatoms. The molecular formula is C7H10As2. The van der Waals surface area contributed by atoms with Gasteiger partial charge >= 0.3 is 73.1 Å². The Labute approximate surface area is 73.0 Å². The van der Waals surface area contributed by atoms with E-state index in [9.17, 15) is 0 Å². The summed E-state index contributed by atoms with van der Waals surface area (Å²) >= 11 is 3.43. The van der Waals surface area contributed by atoms with E-state index in [1.165, 1.54) is 14.3 Å². The number of hydrogen-bond acceptors (Lipinski definition) is 0. The van der Waals surface area contributed by atoms with E-state index >= 15 is 0 Å². The summed E-state index contributed by atoms with van der Waals surface area (Å²) in [4.78, 5) is 0. The van der Waals surface area contributed by atoms with Gasteiger partial charge in [0.1, 0.15) is 0 Å². The van der Waals surface area contributed by atoms with Crippen molar-refractivity contribution in [3.05, 3.63) is 23.8 Å². The molecule has 2 atom stereocenters. The second-order valence-corrected chi connectivity index (χ2v) is 4.67. The molecule has 0 N–H and O–H groups in total. The Balaban J connectivity index is 3.25. The number of hydrogen-bond donors (Lipinski definition) is 0. The third-order valence-electron chi connectivity index (χ3n) is 1.42. The molecule has 1 rings (SSSR count). The van der Waals surface area contributed by atoms with Crippen LogP contribution >= 0.6 is 0 Å². The molecule has 0 saturated heterocycles. The first-order valence-electron chi connectivity index (χ1n) is 2.82. The number of benzene rings is 1. The zero-order chi connectivity index (χ0) is 6.85. The van der Waals surface area contributed by atoms with Gasteiger partial charge in [-0.05, 0) is 0 Å². The summed E-state index contributed by atoms with van der Waals surface area (Å²) in [5.74, 6) is 0. The predicted octanol–water partition coefficient (Wildman–Crippen LogP) is -1.49. The Morgan fingerprint density at radius 1 is 1.11 bits per heavy atom. The van der Waals surface area contributed by atoms with Crippen LogP contribution in [0.15, 0.2) is 18.2 Å². The van der Waals surface area contributed by atoms with Crippen molar-refractivity contribution in [3.8, 4) is 0 Å². The van der Waals surface area contributed by atoms with Crippen LogP contribution in [-0.4, -0.2) is 33.7 Å². The molecular weight excluding hydrogens is 234 g/mol. The molecule has 0 nitrogen and oxygen atoms in total. The van der Waals surface area contributed by atoms with Gasteiger partial charge in [0, 0.05) is 0 Å². The molecule has 0 saturated carbocycles. The first-order chi connectivity index (χ1) is 4.22. The molecule has 0 aliphatic heterocycles. The molecule has 0 aliphatic rings. The Hall–Kier alpha value is 0.337. The van der Waals surface area contributed by atoms with Crippen molar-refractivity contribution in [2.45, 2.75) is 6.92 Å². The van der Waals surface area contributed by atoms with Crippen molar-refractivity contribution in [2.75, 3.05) is 0 Å². The van der Waals surface area contributed by atoms with Gasteiger partial charge in [0.05, 0.1) is 0 Å². The van der Waals surface area contributed by atoms with Gasteiger partial charge in [-0.15, -0.1) is 0 Å². The topological polar surface area (TPSA) is 0 Å². The molecule has 9 heavy (non-hydrogen) atoms. The average molecular weight is 244 g/mol. The molecule has 1 aromatic carbocycles. The molecule has 48 valence electrons. The van der Waals surface area contributed by atoms with Crippen LogP contribution in [0, 0.1) is 6.92 Å². The first kappa shape index (κ1) is 7.44. The van der Waals surface area contributed by atoms with E-state index < -0.39 is 0 Å². The quantitative estimate of drug-likeness (QED) is 0.488. The fourth-order valence-electron chi connectivity index (χ4n) is 0.672. The summed E-state index contributed by atoms with van der Waals surface area (Å²) in [7, 11) is 0. The summed E-state index contributed by atoms with van der Waals surface area (Å²) in [6, 6.07) is 6.48. The fourth-order valence-corrected chi connectivity index (χ4v) is 2.57. The molecule has 0 spiro atoms. The van der Waals surface area contributed by atoms with E-state index in [0.717, 1.165) is 0 Å². The minimum absolute atomic E-state index is 1.46. The van der Waals surface area contributed by atoms with Gasteiger partial charge < -0.3 is 0 Å². The van der Waals surface area contributed by atoms with Crippen molar-refractivity contribution in [1.29, 1.82) is 0 Å². The van der Waals surface area contributed by atoms with Crippen LogP contribution < -0.4 is 8.70 Å². The Morgan fingerprint density at radius 2 is 1.56 bits per heavy atom. The van der Waals surface area contributed by atoms with Crippen LogP contribution in [0.3, 0.4) is 0 Å². The van der Waals surface area contributed by atoms with Crippen molar-refractivity contribution < 1.29 is 0 Å². The van der Waals surface area contributed by atoms with Crippen LogP contribution in [0.4, 0.5) is 0 Å². The van der Waals surface area contributed by atoms with Crippen LogP contribution in [0.1, 0.15) is 5.56 Å². The van der Waals surface area contributed by atoms with Gasteiger partial charge in [-0.2, -0.15) is 0 Å². The second kappa shape index (κ2) is 2.95. The van der Waals surface area contributed by atoms with Crippen LogP contribution in [0.5, 0.6) is 0 Å². The maximum atomic E-state index is 2.19. The van der Waals surface area contributed by atoms with Crippen molar-refractivity contribution in [3.63, 3.8) is 0 Å². The zero-order valence-electron chi connectivity index (χ0n) is 5.39. The normalized spacial score (nSPS) is 9.67. The molecule has 0 heterocycles. The SMILES string of the molecule is Cc1c([AsH2])cccc1[AsH2]. The molecule has 0 aliphatic carbocycles. The van der Waals surface area contributed by atoms with E-state index in [1.807, 2.05) is 0 Å². The number of rotatable bonds is 0. The van der Waals surface area contributed by atoms with Gasteiger partial charge in [0.2, 0.25) is 0 Å². The first-order valence-corrected chi connectivity index (χ1v) is 5.24. The molecule has 0 radical (unpaired) electrons. The summed E-state index contributed by atoms with van der Waals surface area (Å²) in [5.41, 5.74) is 1.47. The third kappa shape index (κ3) is 1.63. The van der Waals surface area contributed by atoms with Gasteiger partial charge in [0.25, 0.3) is 0 Å². The predicted molar refractivity (Wildman–Crippen MR) is 47.5 cm³/mol. The molecule has 0 fully saturated rings. The van der Waals surface area contributed by atoms with E-state index in [1.54, 1.807) is 33.7 Å². The molecule has 0 bridgehead atoms. The molecule has 0 aromatic heterocycles. The second-order valence-electron chi connectivity index (χ2n) is 2.06. The van der Waals surface area contributed by atoms with E-state index in [4.69, 9.17) is 0 Å². The fraction of sp³-hybridized carbons (Fsp3) is 0.143. The summed E-state index contributed by atoms with van der Waals surface area (Å²) in [5, 5.41) is 0. The van der Waals surface area contributed by atoms with Gasteiger partial charge in [-0.25, -0.2) is 0 Å². The Bertz CT molecular complexity index is 198. The minimum atomic E-state index is 1.46. The van der Waals surface area contributed by atoms with E-state index in [-0.39, 0.29) is 0 Å². The maximum absolute atomic E-state index is 2.19. The summed E-state index contributed by atoms with van der Waals surface area (Å²) < 4.78 is 2.92. The standard InChI is InChI=1S/C7H10As2/c1-5-6(8)3-2-4-7(5)9/h2-4H,8-9H2,1H3. The third-order valence-corrected chi connectivity index (χ3v) is 4.04. The van der Waals surface area contributed by atoms with Gasteiger partial charge in [-0.1, -0.05) is 0 Å². The van der Waals surface area contributed by atoms with E-state index in [0.29, 0.717) is 0 Å². The van der Waals surface area contributed by atoms with Crippen LogP contribution in [0.2, 0.25) is 0 Å².